The summed E-state index contributed by atoms with van der Waals surface area (Å²) < 4.78 is 4.22. The highest BCUT2D eigenvalue weighted by Crippen LogP contribution is 1.96. The van der Waals surface area contributed by atoms with Crippen LogP contribution in [0.3, 0.4) is 0 Å². The summed E-state index contributed by atoms with van der Waals surface area (Å²) in [6.45, 7) is 0.532. The van der Waals surface area contributed by atoms with Gasteiger partial charge in [-0.1, -0.05) is 0 Å². The lowest BCUT2D eigenvalue weighted by molar-refractivity contribution is -0.136. The lowest BCUT2D eigenvalue weighted by atomic mass is 10.3. The lowest BCUT2D eigenvalue weighted by Gasteiger charge is -1.94. The molecule has 1 aliphatic rings. The van der Waals surface area contributed by atoms with Crippen molar-refractivity contribution >= 4 is 12.1 Å². The number of carbonyl (C=O) groups excluding carboxylic acids is 2. The quantitative estimate of drug-likeness (QED) is 0.371. The van der Waals surface area contributed by atoms with E-state index in [-0.39, 0.29) is 0 Å². The molecule has 1 fully saturated rings. The average Bonchev–Trinajstić information content (AvgIpc) is 1.93. The second kappa shape index (κ2) is 2.48. The van der Waals surface area contributed by atoms with Gasteiger partial charge in [0.2, 0.25) is 0 Å². The van der Waals surface area contributed by atoms with Crippen molar-refractivity contribution in [2.45, 2.75) is 12.8 Å². The minimum atomic E-state index is -0.627. The summed E-state index contributed by atoms with van der Waals surface area (Å²) in [6.07, 6.45) is 0.376. The van der Waals surface area contributed by atoms with E-state index in [9.17, 15) is 9.59 Å². The molecule has 0 radical (unpaired) electrons. The van der Waals surface area contributed by atoms with Crippen LogP contribution in [-0.4, -0.2) is 18.6 Å². The molecule has 0 unspecified atom stereocenters. The fraction of sp³-hybridized carbons (Fsp3) is 0.600. The van der Waals surface area contributed by atoms with E-state index in [0.29, 0.717) is 19.4 Å². The summed E-state index contributed by atoms with van der Waals surface area (Å²) >= 11 is 0. The first kappa shape index (κ1) is 6.07. The molecule has 1 aliphatic heterocycles. The highest BCUT2D eigenvalue weighted by Gasteiger charge is 2.12. The van der Waals surface area contributed by atoms with E-state index in [0.717, 1.165) is 0 Å². The third-order valence-corrected chi connectivity index (χ3v) is 1.03. The van der Waals surface area contributed by atoms with Crippen LogP contribution in [0, 0.1) is 0 Å². The van der Waals surface area contributed by atoms with E-state index in [1.54, 1.807) is 0 Å². The second-order valence-electron chi connectivity index (χ2n) is 1.79. The Morgan fingerprint density at radius 1 is 1.44 bits per heavy atom. The Morgan fingerprint density at radius 2 is 2.22 bits per heavy atom. The second-order valence-corrected chi connectivity index (χ2v) is 1.79. The Hall–Kier alpha value is -1.06. The van der Waals surface area contributed by atoms with Gasteiger partial charge < -0.3 is 10.1 Å². The summed E-state index contributed by atoms with van der Waals surface area (Å²) in [5, 5.41) is 2.39. The van der Waals surface area contributed by atoms with Crippen LogP contribution in [0.15, 0.2) is 0 Å². The zero-order valence-electron chi connectivity index (χ0n) is 4.85. The summed E-state index contributed by atoms with van der Waals surface area (Å²) in [6, 6.07) is 0. The number of alkyl carbamates (subject to hydrolysis) is 1. The normalized spacial score (nSPS) is 20.0. The Labute approximate surface area is 52.2 Å². The lowest BCUT2D eigenvalue weighted by Crippen LogP contribution is -2.23. The maximum atomic E-state index is 10.4. The van der Waals surface area contributed by atoms with Crippen LogP contribution in [0.25, 0.3) is 0 Å². The average molecular weight is 129 g/mol. The molecule has 1 saturated heterocycles. The molecule has 0 aromatic heterocycles. The maximum Gasteiger partial charge on any atom is 0.414 e. The van der Waals surface area contributed by atoms with E-state index in [1.807, 2.05) is 0 Å². The van der Waals surface area contributed by atoms with Crippen LogP contribution in [0.1, 0.15) is 12.8 Å². The van der Waals surface area contributed by atoms with E-state index in [2.05, 4.69) is 10.1 Å². The van der Waals surface area contributed by atoms with Crippen molar-refractivity contribution in [3.8, 4) is 0 Å². The molecule has 0 atom stereocenters. The van der Waals surface area contributed by atoms with Crippen LogP contribution < -0.4 is 5.32 Å². The molecule has 4 nitrogen and oxygen atoms in total. The van der Waals surface area contributed by atoms with Crippen molar-refractivity contribution in [2.75, 3.05) is 6.54 Å². The molecular formula is C5H7NO3. The van der Waals surface area contributed by atoms with Crippen molar-refractivity contribution in [3.05, 3.63) is 0 Å². The predicted octanol–water partition coefficient (Wildman–Crippen LogP) is 0.0330. The third kappa shape index (κ3) is 1.71. The van der Waals surface area contributed by atoms with Gasteiger partial charge in [-0.25, -0.2) is 4.79 Å². The number of hydrogen-bond donors (Lipinski definition) is 1. The SMILES string of the molecule is O=C1CCCNC(=O)O1. The number of amides is 1. The Bertz CT molecular complexity index is 127. The van der Waals surface area contributed by atoms with Gasteiger partial charge in [0.25, 0.3) is 0 Å². The maximum absolute atomic E-state index is 10.4. The number of rotatable bonds is 0. The van der Waals surface area contributed by atoms with Crippen LogP contribution in [0.2, 0.25) is 0 Å². The molecule has 9 heavy (non-hydrogen) atoms. The molecule has 1 amide bonds. The van der Waals surface area contributed by atoms with Gasteiger partial charge >= 0.3 is 12.1 Å². The number of esters is 1. The van der Waals surface area contributed by atoms with Gasteiger partial charge in [-0.2, -0.15) is 0 Å². The smallest absolute Gasteiger partial charge is 0.376 e. The van der Waals surface area contributed by atoms with Gasteiger partial charge in [0.15, 0.2) is 0 Å². The summed E-state index contributed by atoms with van der Waals surface area (Å²) in [5.41, 5.74) is 0. The molecule has 1 rings (SSSR count). The first-order valence-electron chi connectivity index (χ1n) is 2.77. The van der Waals surface area contributed by atoms with Crippen molar-refractivity contribution in [3.63, 3.8) is 0 Å². The Balaban J connectivity index is 2.47. The van der Waals surface area contributed by atoms with Crippen molar-refractivity contribution in [2.24, 2.45) is 0 Å². The Kier molecular flexibility index (Phi) is 1.67. The zero-order valence-corrected chi connectivity index (χ0v) is 4.85. The molecule has 1 heterocycles. The first-order chi connectivity index (χ1) is 4.29. The largest absolute Gasteiger partial charge is 0.414 e. The van der Waals surface area contributed by atoms with Crippen molar-refractivity contribution in [1.82, 2.24) is 5.32 Å². The minimum absolute atomic E-state index is 0.332. The highest BCUT2D eigenvalue weighted by molar-refractivity contribution is 5.85. The van der Waals surface area contributed by atoms with Crippen molar-refractivity contribution in [1.29, 1.82) is 0 Å². The fourth-order valence-corrected chi connectivity index (χ4v) is 0.614. The summed E-state index contributed by atoms with van der Waals surface area (Å²) in [4.78, 5) is 20.7. The van der Waals surface area contributed by atoms with Gasteiger partial charge in [-0.15, -0.1) is 0 Å². The van der Waals surface area contributed by atoms with Crippen LogP contribution in [-0.2, 0) is 9.53 Å². The molecule has 0 spiro atoms. The molecule has 1 N–H and O–H groups in total. The van der Waals surface area contributed by atoms with Crippen LogP contribution >= 0.6 is 0 Å². The summed E-state index contributed by atoms with van der Waals surface area (Å²) in [7, 11) is 0. The van der Waals surface area contributed by atoms with Gasteiger partial charge in [0.05, 0.1) is 0 Å². The number of ether oxygens (including phenoxy) is 1. The third-order valence-electron chi connectivity index (χ3n) is 1.03. The van der Waals surface area contributed by atoms with Gasteiger partial charge in [0, 0.05) is 13.0 Å². The monoisotopic (exact) mass is 129 g/mol. The van der Waals surface area contributed by atoms with E-state index < -0.39 is 12.1 Å². The highest BCUT2D eigenvalue weighted by atomic mass is 16.6. The predicted molar refractivity (Wildman–Crippen MR) is 28.7 cm³/mol. The number of cyclic esters (lactones) is 2. The molecule has 4 heteroatoms. The molecule has 0 aromatic rings. The molecule has 0 saturated carbocycles. The van der Waals surface area contributed by atoms with Crippen LogP contribution in [0.4, 0.5) is 4.79 Å². The van der Waals surface area contributed by atoms with E-state index in [4.69, 9.17) is 0 Å². The topological polar surface area (TPSA) is 55.4 Å². The first-order valence-corrected chi connectivity index (χ1v) is 2.77. The number of hydrogen-bond acceptors (Lipinski definition) is 3. The minimum Gasteiger partial charge on any atom is -0.376 e. The van der Waals surface area contributed by atoms with Gasteiger partial charge in [0.1, 0.15) is 0 Å². The molecule has 50 valence electrons. The molecule has 0 aliphatic carbocycles. The van der Waals surface area contributed by atoms with E-state index >= 15 is 0 Å². The fourth-order valence-electron chi connectivity index (χ4n) is 0.614. The molecular weight excluding hydrogens is 122 g/mol. The summed E-state index contributed by atoms with van der Waals surface area (Å²) in [5.74, 6) is -0.440. The zero-order chi connectivity index (χ0) is 6.69. The number of nitrogens with one attached hydrogen (secondary N) is 1. The van der Waals surface area contributed by atoms with E-state index in [1.165, 1.54) is 0 Å². The molecule has 0 bridgehead atoms. The van der Waals surface area contributed by atoms with Crippen molar-refractivity contribution < 1.29 is 14.3 Å². The van der Waals surface area contributed by atoms with Gasteiger partial charge in [-0.05, 0) is 6.42 Å². The molecule has 0 aromatic carbocycles. The van der Waals surface area contributed by atoms with Gasteiger partial charge in [-0.3, -0.25) is 4.79 Å². The van der Waals surface area contributed by atoms with Crippen LogP contribution in [0.5, 0.6) is 0 Å². The Morgan fingerprint density at radius 3 is 3.00 bits per heavy atom. The standard InChI is InChI=1S/C5H7NO3/c7-4-2-1-3-6-5(8)9-4/h1-3H2,(H,6,8). The number of carbonyl (C=O) groups is 2.